The van der Waals surface area contributed by atoms with Gasteiger partial charge >= 0.3 is 6.36 Å². The Kier molecular flexibility index (Phi) is 7.63. The molecular weight excluding hydrogens is 453 g/mol. The molecule has 3 fully saturated rings. The van der Waals surface area contributed by atoms with Gasteiger partial charge in [0.25, 0.3) is 0 Å². The number of halogens is 3. The summed E-state index contributed by atoms with van der Waals surface area (Å²) in [4.78, 5) is 31.6. The first-order chi connectivity index (χ1) is 16.2. The van der Waals surface area contributed by atoms with Gasteiger partial charge in [0, 0.05) is 51.2 Å². The van der Waals surface area contributed by atoms with Crippen molar-refractivity contribution < 1.29 is 32.2 Å². The lowest BCUT2D eigenvalue weighted by Crippen LogP contribution is -2.49. The maximum absolute atomic E-state index is 13.0. The molecule has 3 saturated heterocycles. The van der Waals surface area contributed by atoms with Crippen molar-refractivity contribution in [1.82, 2.24) is 20.0 Å². The quantitative estimate of drug-likeness (QED) is 0.662. The van der Waals surface area contributed by atoms with Crippen LogP contribution in [0.2, 0.25) is 0 Å². The highest BCUT2D eigenvalue weighted by Crippen LogP contribution is 2.30. The van der Waals surface area contributed by atoms with Crippen molar-refractivity contribution in [2.45, 2.75) is 50.3 Å². The average molecular weight is 485 g/mol. The van der Waals surface area contributed by atoms with Gasteiger partial charge in [0.1, 0.15) is 11.8 Å². The van der Waals surface area contributed by atoms with Crippen molar-refractivity contribution in [1.29, 1.82) is 0 Å². The van der Waals surface area contributed by atoms with E-state index < -0.39 is 12.4 Å². The Bertz CT molecular complexity index is 878. The molecule has 0 unspecified atom stereocenters. The van der Waals surface area contributed by atoms with Crippen LogP contribution in [0.1, 0.15) is 24.8 Å². The van der Waals surface area contributed by atoms with E-state index in [0.29, 0.717) is 64.3 Å². The fourth-order valence-electron chi connectivity index (χ4n) is 5.16. The molecule has 0 saturated carbocycles. The first kappa shape index (κ1) is 24.7. The number of fused-ring (bicyclic) bond motifs is 1. The summed E-state index contributed by atoms with van der Waals surface area (Å²) in [7, 11) is 1.99. The second-order valence-electron chi connectivity index (χ2n) is 9.06. The van der Waals surface area contributed by atoms with Crippen molar-refractivity contribution in [3.63, 3.8) is 0 Å². The fourth-order valence-corrected chi connectivity index (χ4v) is 5.16. The molecule has 4 rings (SSSR count). The molecule has 0 aromatic heterocycles. The van der Waals surface area contributed by atoms with Crippen molar-refractivity contribution >= 4 is 11.8 Å². The molecule has 8 nitrogen and oxygen atoms in total. The van der Waals surface area contributed by atoms with Crippen LogP contribution in [0.3, 0.4) is 0 Å². The minimum atomic E-state index is -4.75. The zero-order valence-corrected chi connectivity index (χ0v) is 19.2. The van der Waals surface area contributed by atoms with Gasteiger partial charge in [-0.15, -0.1) is 13.2 Å². The Morgan fingerprint density at radius 3 is 2.74 bits per heavy atom. The number of nitrogens with zero attached hydrogens (tertiary/aromatic N) is 3. The van der Waals surface area contributed by atoms with Crippen LogP contribution in [0.5, 0.6) is 5.75 Å². The number of likely N-dealkylation sites (N-methyl/N-ethyl adjacent to an activating group) is 1. The van der Waals surface area contributed by atoms with Crippen molar-refractivity contribution in [3.8, 4) is 5.75 Å². The van der Waals surface area contributed by atoms with E-state index in [1.165, 1.54) is 18.2 Å². The number of morpholine rings is 1. The molecule has 0 aliphatic carbocycles. The largest absolute Gasteiger partial charge is 0.573 e. The second kappa shape index (κ2) is 10.5. The highest BCUT2D eigenvalue weighted by molar-refractivity contribution is 5.83. The summed E-state index contributed by atoms with van der Waals surface area (Å²) in [6.45, 7) is 3.82. The summed E-state index contributed by atoms with van der Waals surface area (Å²) in [6, 6.07) is 5.47. The van der Waals surface area contributed by atoms with Crippen LogP contribution in [0, 0.1) is 0 Å². The summed E-state index contributed by atoms with van der Waals surface area (Å²) in [6.07, 6.45) is -2.92. The van der Waals surface area contributed by atoms with Crippen LogP contribution >= 0.6 is 0 Å². The number of rotatable bonds is 6. The number of hydrogen-bond acceptors (Lipinski definition) is 6. The van der Waals surface area contributed by atoms with Gasteiger partial charge in [-0.25, -0.2) is 0 Å². The lowest BCUT2D eigenvalue weighted by atomic mass is 10.0. The second-order valence-corrected chi connectivity index (χ2v) is 9.06. The van der Waals surface area contributed by atoms with Gasteiger partial charge in [0.15, 0.2) is 0 Å². The Balaban J connectivity index is 1.38. The minimum absolute atomic E-state index is 0.0272. The van der Waals surface area contributed by atoms with Crippen molar-refractivity contribution in [3.05, 3.63) is 29.8 Å². The highest BCUT2D eigenvalue weighted by Gasteiger charge is 2.45. The van der Waals surface area contributed by atoms with Crippen LogP contribution in [0.4, 0.5) is 13.2 Å². The number of ether oxygens (including phenoxy) is 2. The molecular formula is C23H31F3N4O4. The number of hydrogen-bond donors (Lipinski definition) is 1. The van der Waals surface area contributed by atoms with E-state index >= 15 is 0 Å². The van der Waals surface area contributed by atoms with Gasteiger partial charge in [-0.1, -0.05) is 12.1 Å². The van der Waals surface area contributed by atoms with Gasteiger partial charge in [-0.05, 0) is 37.6 Å². The summed E-state index contributed by atoms with van der Waals surface area (Å²) < 4.78 is 47.1. The lowest BCUT2D eigenvalue weighted by molar-refractivity contribution is -0.274. The Labute approximate surface area is 196 Å². The number of nitrogens with one attached hydrogen (secondary N) is 1. The number of alkyl halides is 3. The molecule has 0 radical (unpaired) electrons. The van der Waals surface area contributed by atoms with E-state index in [0.717, 1.165) is 6.42 Å². The molecule has 2 amide bonds. The fraction of sp³-hybridized carbons (Fsp3) is 0.652. The Morgan fingerprint density at radius 2 is 2.00 bits per heavy atom. The highest BCUT2D eigenvalue weighted by atomic mass is 19.4. The zero-order valence-electron chi connectivity index (χ0n) is 19.2. The lowest BCUT2D eigenvalue weighted by Gasteiger charge is -2.33. The topological polar surface area (TPSA) is 74.4 Å². The third kappa shape index (κ3) is 6.00. The number of carbonyl (C=O) groups is 2. The van der Waals surface area contributed by atoms with Gasteiger partial charge in [-0.2, -0.15) is 0 Å². The van der Waals surface area contributed by atoms with Gasteiger partial charge in [-0.3, -0.25) is 19.4 Å². The SMILES string of the molecule is CN1[C@@H](CCC(=O)N2CCOCC2)CNC(=O)[C@@H]2[C@@H]1CCN2Cc1cccc(OC(F)(F)F)c1. The van der Waals surface area contributed by atoms with E-state index in [1.807, 2.05) is 16.8 Å². The number of carbonyl (C=O) groups excluding carboxylic acids is 2. The Hall–Kier alpha value is -2.37. The van der Waals surface area contributed by atoms with Crippen LogP contribution < -0.4 is 10.1 Å². The smallest absolute Gasteiger partial charge is 0.406 e. The normalized spacial score (nSPS) is 26.6. The average Bonchev–Trinajstić information content (AvgIpc) is 3.16. The van der Waals surface area contributed by atoms with Gasteiger partial charge < -0.3 is 19.7 Å². The molecule has 0 bridgehead atoms. The molecule has 1 aromatic carbocycles. The van der Waals surface area contributed by atoms with E-state index in [4.69, 9.17) is 4.74 Å². The van der Waals surface area contributed by atoms with E-state index in [1.54, 1.807) is 6.07 Å². The van der Waals surface area contributed by atoms with E-state index in [-0.39, 0.29) is 29.6 Å². The van der Waals surface area contributed by atoms with E-state index in [2.05, 4.69) is 15.0 Å². The first-order valence-electron chi connectivity index (χ1n) is 11.6. The monoisotopic (exact) mass is 484 g/mol. The maximum atomic E-state index is 13.0. The predicted molar refractivity (Wildman–Crippen MR) is 117 cm³/mol. The first-order valence-corrected chi connectivity index (χ1v) is 11.6. The zero-order chi connectivity index (χ0) is 24.3. The predicted octanol–water partition coefficient (Wildman–Crippen LogP) is 1.60. The summed E-state index contributed by atoms with van der Waals surface area (Å²) in [5.41, 5.74) is 0.648. The van der Waals surface area contributed by atoms with Crippen molar-refractivity contribution in [2.75, 3.05) is 46.4 Å². The van der Waals surface area contributed by atoms with Crippen molar-refractivity contribution in [2.24, 2.45) is 0 Å². The number of likely N-dealkylation sites (tertiary alicyclic amines) is 1. The third-order valence-corrected chi connectivity index (χ3v) is 6.92. The summed E-state index contributed by atoms with van der Waals surface area (Å²) in [5.74, 6) is -0.245. The van der Waals surface area contributed by atoms with Crippen LogP contribution in [-0.4, -0.2) is 97.4 Å². The molecule has 3 heterocycles. The molecule has 3 aliphatic rings. The summed E-state index contributed by atoms with van der Waals surface area (Å²) in [5, 5.41) is 3.02. The Morgan fingerprint density at radius 1 is 1.24 bits per heavy atom. The maximum Gasteiger partial charge on any atom is 0.573 e. The molecule has 3 aliphatic heterocycles. The third-order valence-electron chi connectivity index (χ3n) is 6.92. The number of benzene rings is 1. The van der Waals surface area contributed by atoms with Crippen LogP contribution in [0.15, 0.2) is 24.3 Å². The standard InChI is InChI=1S/C23H31F3N4O4/c1-28-17(5-6-20(31)29-9-11-33-12-10-29)14-27-22(32)21-19(28)7-8-30(21)15-16-3-2-4-18(13-16)34-23(24,25)26/h2-4,13,17,19,21H,5-12,14-15H2,1H3,(H,27,32)/t17-,19-,21-/m0/s1. The molecule has 1 N–H and O–H groups in total. The molecule has 1 aromatic rings. The van der Waals surface area contributed by atoms with Gasteiger partial charge in [0.2, 0.25) is 11.8 Å². The molecule has 0 spiro atoms. The van der Waals surface area contributed by atoms with E-state index in [9.17, 15) is 22.8 Å². The molecule has 34 heavy (non-hydrogen) atoms. The summed E-state index contributed by atoms with van der Waals surface area (Å²) >= 11 is 0. The van der Waals surface area contributed by atoms with Crippen LogP contribution in [-0.2, 0) is 20.9 Å². The molecule has 3 atom stereocenters. The van der Waals surface area contributed by atoms with Gasteiger partial charge in [0.05, 0.1) is 13.2 Å². The molecule has 11 heteroatoms. The minimum Gasteiger partial charge on any atom is -0.406 e. The number of amides is 2. The van der Waals surface area contributed by atoms with Crippen LogP contribution in [0.25, 0.3) is 0 Å². The molecule has 188 valence electrons.